The van der Waals surface area contributed by atoms with Gasteiger partial charge >= 0.3 is 0 Å². The average molecular weight is 666 g/mol. The van der Waals surface area contributed by atoms with E-state index in [2.05, 4.69) is 164 Å². The second-order valence-corrected chi connectivity index (χ2v) is 13.1. The summed E-state index contributed by atoms with van der Waals surface area (Å²) in [4.78, 5) is 10.7. The Morgan fingerprint density at radius 1 is 0.462 bits per heavy atom. The zero-order valence-corrected chi connectivity index (χ0v) is 28.8. The first-order valence-electron chi connectivity index (χ1n) is 17.6. The molecule has 0 amide bonds. The van der Waals surface area contributed by atoms with Gasteiger partial charge in [-0.05, 0) is 103 Å². The lowest BCUT2D eigenvalue weighted by molar-refractivity contribution is 1.19. The van der Waals surface area contributed by atoms with E-state index in [0.717, 1.165) is 55.6 Å². The standard InChI is InChI=1S/C49H35N3/c1-2-13-38(31-50)32-16-11-18-36(26-32)47-30-48(52-49(51-47)46-29-35-15-4-6-21-40(35)42-23-8-10-25-44(42)46)37-19-12-17-33(27-37)45-28-34-14-3-5-20-39(34)41-22-7-9-24-43(41)45/h2-31H,50H2,1H3/b13-2-,38-31+. The third-order valence-electron chi connectivity index (χ3n) is 9.99. The Balaban J connectivity index is 1.28. The Bertz CT molecular complexity index is 2880. The van der Waals surface area contributed by atoms with Crippen LogP contribution in [0.5, 0.6) is 0 Å². The molecule has 1 aromatic heterocycles. The maximum absolute atomic E-state index is 6.07. The van der Waals surface area contributed by atoms with E-state index in [0.29, 0.717) is 5.82 Å². The van der Waals surface area contributed by atoms with Crippen LogP contribution in [0.3, 0.4) is 0 Å². The van der Waals surface area contributed by atoms with E-state index in [1.165, 1.54) is 37.9 Å². The number of nitrogens with zero attached hydrogens (tertiary/aromatic N) is 2. The maximum Gasteiger partial charge on any atom is 0.161 e. The zero-order valence-electron chi connectivity index (χ0n) is 28.8. The van der Waals surface area contributed by atoms with Gasteiger partial charge in [-0.1, -0.05) is 146 Å². The highest BCUT2D eigenvalue weighted by atomic mass is 14.9. The molecule has 0 fully saturated rings. The van der Waals surface area contributed by atoms with Crippen molar-refractivity contribution in [3.63, 3.8) is 0 Å². The molecule has 0 saturated carbocycles. The smallest absolute Gasteiger partial charge is 0.161 e. The molecule has 9 rings (SSSR count). The SMILES string of the molecule is C/C=C\C(=C/N)c1cccc(-c2cc(-c3cccc(-c4cc5ccccc5c5ccccc45)c3)nc(-c3cc4ccccc4c4ccccc34)n2)c1. The van der Waals surface area contributed by atoms with Gasteiger partial charge in [0.2, 0.25) is 0 Å². The van der Waals surface area contributed by atoms with Crippen molar-refractivity contribution in [2.24, 2.45) is 5.73 Å². The van der Waals surface area contributed by atoms with Gasteiger partial charge in [-0.3, -0.25) is 0 Å². The number of hydrogen-bond acceptors (Lipinski definition) is 3. The molecule has 3 heteroatoms. The molecule has 3 nitrogen and oxygen atoms in total. The third kappa shape index (κ3) is 5.49. The summed E-state index contributed by atoms with van der Waals surface area (Å²) in [5.74, 6) is 0.685. The summed E-state index contributed by atoms with van der Waals surface area (Å²) in [6, 6.07) is 58.2. The highest BCUT2D eigenvalue weighted by Gasteiger charge is 2.16. The van der Waals surface area contributed by atoms with Gasteiger partial charge in [-0.2, -0.15) is 0 Å². The molecule has 0 radical (unpaired) electrons. The number of hydrogen-bond donors (Lipinski definition) is 1. The first-order chi connectivity index (χ1) is 25.7. The molecule has 0 aliphatic heterocycles. The van der Waals surface area contributed by atoms with E-state index in [9.17, 15) is 0 Å². The van der Waals surface area contributed by atoms with Crippen molar-refractivity contribution in [1.82, 2.24) is 9.97 Å². The van der Waals surface area contributed by atoms with Crippen LogP contribution in [-0.4, -0.2) is 9.97 Å². The summed E-state index contributed by atoms with van der Waals surface area (Å²) < 4.78 is 0. The monoisotopic (exact) mass is 665 g/mol. The molecule has 0 aliphatic carbocycles. The summed E-state index contributed by atoms with van der Waals surface area (Å²) in [5, 5.41) is 9.63. The Morgan fingerprint density at radius 2 is 0.962 bits per heavy atom. The number of rotatable bonds is 6. The van der Waals surface area contributed by atoms with Crippen LogP contribution in [0.2, 0.25) is 0 Å². The van der Waals surface area contributed by atoms with Gasteiger partial charge in [0.15, 0.2) is 5.82 Å². The fraction of sp³-hybridized carbons (Fsp3) is 0.0204. The van der Waals surface area contributed by atoms with E-state index in [-0.39, 0.29) is 0 Å². The molecule has 9 aromatic rings. The van der Waals surface area contributed by atoms with Crippen LogP contribution < -0.4 is 5.73 Å². The predicted molar refractivity (Wildman–Crippen MR) is 221 cm³/mol. The van der Waals surface area contributed by atoms with Crippen LogP contribution in [0.4, 0.5) is 0 Å². The summed E-state index contributed by atoms with van der Waals surface area (Å²) >= 11 is 0. The number of allylic oxidation sites excluding steroid dienone is 3. The van der Waals surface area contributed by atoms with Gasteiger partial charge in [-0.25, -0.2) is 9.97 Å². The van der Waals surface area contributed by atoms with Gasteiger partial charge in [0.05, 0.1) is 11.4 Å². The average Bonchev–Trinajstić information content (AvgIpc) is 3.22. The Kier molecular flexibility index (Phi) is 7.87. The van der Waals surface area contributed by atoms with E-state index in [1.807, 2.05) is 19.1 Å². The van der Waals surface area contributed by atoms with E-state index in [4.69, 9.17) is 15.7 Å². The maximum atomic E-state index is 6.07. The van der Waals surface area contributed by atoms with Gasteiger partial charge in [-0.15, -0.1) is 0 Å². The van der Waals surface area contributed by atoms with Gasteiger partial charge in [0.1, 0.15) is 0 Å². The molecule has 52 heavy (non-hydrogen) atoms. The third-order valence-corrected chi connectivity index (χ3v) is 9.99. The molecule has 246 valence electrons. The summed E-state index contributed by atoms with van der Waals surface area (Å²) in [5.41, 5.74) is 15.1. The molecule has 0 spiro atoms. The topological polar surface area (TPSA) is 51.8 Å². The number of fused-ring (bicyclic) bond motifs is 6. The van der Waals surface area contributed by atoms with Crippen molar-refractivity contribution in [3.8, 4) is 45.0 Å². The quantitative estimate of drug-likeness (QED) is 0.142. The normalized spacial score (nSPS) is 12.1. The van der Waals surface area contributed by atoms with Crippen molar-refractivity contribution >= 4 is 48.7 Å². The molecule has 0 bridgehead atoms. The largest absolute Gasteiger partial charge is 0.404 e. The van der Waals surface area contributed by atoms with Crippen LogP contribution >= 0.6 is 0 Å². The highest BCUT2D eigenvalue weighted by Crippen LogP contribution is 2.39. The Hall–Kier alpha value is -6.84. The first-order valence-corrected chi connectivity index (χ1v) is 17.6. The second-order valence-electron chi connectivity index (χ2n) is 13.1. The predicted octanol–water partition coefficient (Wildman–Crippen LogP) is 12.6. The summed E-state index contributed by atoms with van der Waals surface area (Å²) in [6.45, 7) is 2.00. The minimum Gasteiger partial charge on any atom is -0.404 e. The Labute approximate surface area is 303 Å². The zero-order chi connectivity index (χ0) is 35.0. The summed E-state index contributed by atoms with van der Waals surface area (Å²) in [7, 11) is 0. The fourth-order valence-corrected chi connectivity index (χ4v) is 7.53. The van der Waals surface area contributed by atoms with Crippen molar-refractivity contribution in [2.75, 3.05) is 0 Å². The van der Waals surface area contributed by atoms with Crippen molar-refractivity contribution < 1.29 is 0 Å². The van der Waals surface area contributed by atoms with Crippen LogP contribution in [-0.2, 0) is 0 Å². The van der Waals surface area contributed by atoms with Gasteiger partial charge in [0, 0.05) is 22.9 Å². The van der Waals surface area contributed by atoms with Gasteiger partial charge < -0.3 is 5.73 Å². The van der Waals surface area contributed by atoms with Crippen molar-refractivity contribution in [1.29, 1.82) is 0 Å². The number of benzene rings is 8. The van der Waals surface area contributed by atoms with E-state index >= 15 is 0 Å². The molecule has 0 unspecified atom stereocenters. The lowest BCUT2D eigenvalue weighted by atomic mass is 9.92. The summed E-state index contributed by atoms with van der Waals surface area (Å²) in [6.07, 6.45) is 5.68. The molecule has 2 N–H and O–H groups in total. The number of nitrogens with two attached hydrogens (primary N) is 1. The molecule has 8 aromatic carbocycles. The lowest BCUT2D eigenvalue weighted by Gasteiger charge is -2.15. The Morgan fingerprint density at radius 3 is 1.58 bits per heavy atom. The molecular formula is C49H35N3. The van der Waals surface area contributed by atoms with E-state index in [1.54, 1.807) is 6.20 Å². The fourth-order valence-electron chi connectivity index (χ4n) is 7.53. The molecule has 0 aliphatic rings. The van der Waals surface area contributed by atoms with Crippen molar-refractivity contribution in [3.05, 3.63) is 188 Å². The molecule has 1 heterocycles. The lowest BCUT2D eigenvalue weighted by Crippen LogP contribution is -1.98. The van der Waals surface area contributed by atoms with Crippen LogP contribution in [0.25, 0.3) is 93.7 Å². The minimum atomic E-state index is 0.685. The molecular weight excluding hydrogens is 631 g/mol. The van der Waals surface area contributed by atoms with Crippen LogP contribution in [0.15, 0.2) is 182 Å². The first kappa shape index (κ1) is 31.2. The van der Waals surface area contributed by atoms with E-state index < -0.39 is 0 Å². The van der Waals surface area contributed by atoms with Gasteiger partial charge in [0.25, 0.3) is 0 Å². The minimum absolute atomic E-state index is 0.685. The van der Waals surface area contributed by atoms with Crippen molar-refractivity contribution in [2.45, 2.75) is 6.92 Å². The second kappa shape index (κ2) is 13.1. The number of aromatic nitrogens is 2. The highest BCUT2D eigenvalue weighted by molar-refractivity contribution is 6.14. The molecule has 0 atom stereocenters. The molecule has 0 saturated heterocycles. The van der Waals surface area contributed by atoms with Crippen LogP contribution in [0.1, 0.15) is 12.5 Å². The van der Waals surface area contributed by atoms with Crippen LogP contribution in [0, 0.1) is 0 Å².